The van der Waals surface area contributed by atoms with Crippen molar-refractivity contribution in [2.45, 2.75) is 32.2 Å². The zero-order chi connectivity index (χ0) is 15.5. The molecule has 2 fully saturated rings. The zero-order valence-corrected chi connectivity index (χ0v) is 13.0. The first kappa shape index (κ1) is 15.0. The van der Waals surface area contributed by atoms with Gasteiger partial charge in [-0.2, -0.15) is 0 Å². The number of hydrogen-bond acceptors (Lipinski definition) is 3. The number of anilines is 1. The van der Waals surface area contributed by atoms with E-state index in [0.29, 0.717) is 17.9 Å². The predicted octanol–water partition coefficient (Wildman–Crippen LogP) is 1.54. The number of nitrogens with one attached hydrogen (secondary N) is 2. The molecule has 0 radical (unpaired) electrons. The minimum atomic E-state index is -0.0611. The number of benzene rings is 1. The highest BCUT2D eigenvalue weighted by Gasteiger charge is 2.25. The van der Waals surface area contributed by atoms with Crippen LogP contribution in [-0.4, -0.2) is 37.5 Å². The molecule has 3 rings (SSSR count). The maximum Gasteiger partial charge on any atom is 0.251 e. The van der Waals surface area contributed by atoms with Crippen molar-refractivity contribution in [3.8, 4) is 0 Å². The lowest BCUT2D eigenvalue weighted by Gasteiger charge is -2.30. The summed E-state index contributed by atoms with van der Waals surface area (Å²) in [4.78, 5) is 26.1. The average Bonchev–Trinajstić information content (AvgIpc) is 2.96. The maximum atomic E-state index is 12.5. The Morgan fingerprint density at radius 2 is 2.27 bits per heavy atom. The summed E-state index contributed by atoms with van der Waals surface area (Å²) in [5.74, 6) is 0.560. The van der Waals surface area contributed by atoms with Crippen molar-refractivity contribution in [2.75, 3.05) is 24.5 Å². The summed E-state index contributed by atoms with van der Waals surface area (Å²) in [7, 11) is 0. The molecule has 0 aliphatic carbocycles. The highest BCUT2D eigenvalue weighted by atomic mass is 16.2. The standard InChI is InChI=1S/C17H23N3O2/c1-12-7-8-18-11-15(12)19-17(22)13-4-2-5-14(10-13)20-9-3-6-16(20)21/h2,4-5,10,12,15,18H,3,6-9,11H2,1H3,(H,19,22). The first-order valence-corrected chi connectivity index (χ1v) is 8.07. The van der Waals surface area contributed by atoms with Gasteiger partial charge in [0.2, 0.25) is 5.91 Å². The van der Waals surface area contributed by atoms with E-state index in [1.165, 1.54) is 0 Å². The van der Waals surface area contributed by atoms with Gasteiger partial charge < -0.3 is 15.5 Å². The summed E-state index contributed by atoms with van der Waals surface area (Å²) in [6.07, 6.45) is 2.56. The molecule has 2 N–H and O–H groups in total. The first-order valence-electron chi connectivity index (χ1n) is 8.07. The minimum absolute atomic E-state index is 0.0611. The van der Waals surface area contributed by atoms with Crippen molar-refractivity contribution < 1.29 is 9.59 Å². The van der Waals surface area contributed by atoms with Gasteiger partial charge in [0, 0.05) is 36.8 Å². The number of hydrogen-bond donors (Lipinski definition) is 2. The average molecular weight is 301 g/mol. The summed E-state index contributed by atoms with van der Waals surface area (Å²) in [5, 5.41) is 6.43. The second kappa shape index (κ2) is 6.48. The van der Waals surface area contributed by atoms with Crippen LogP contribution in [0.2, 0.25) is 0 Å². The van der Waals surface area contributed by atoms with Crippen LogP contribution in [0.4, 0.5) is 5.69 Å². The fourth-order valence-electron chi connectivity index (χ4n) is 3.17. The van der Waals surface area contributed by atoms with Gasteiger partial charge in [0.25, 0.3) is 5.91 Å². The van der Waals surface area contributed by atoms with Crippen molar-refractivity contribution in [1.82, 2.24) is 10.6 Å². The summed E-state index contributed by atoms with van der Waals surface area (Å²) >= 11 is 0. The van der Waals surface area contributed by atoms with E-state index in [0.717, 1.165) is 38.2 Å². The molecule has 0 aromatic heterocycles. The smallest absolute Gasteiger partial charge is 0.251 e. The minimum Gasteiger partial charge on any atom is -0.348 e. The molecule has 5 heteroatoms. The molecule has 2 aliphatic heterocycles. The molecule has 2 atom stereocenters. The Labute approximate surface area is 131 Å². The van der Waals surface area contributed by atoms with Gasteiger partial charge in [-0.15, -0.1) is 0 Å². The Kier molecular flexibility index (Phi) is 4.43. The molecular formula is C17H23N3O2. The molecule has 0 spiro atoms. The van der Waals surface area contributed by atoms with Crippen molar-refractivity contribution in [1.29, 1.82) is 0 Å². The van der Waals surface area contributed by atoms with E-state index in [1.54, 1.807) is 11.0 Å². The number of rotatable bonds is 3. The highest BCUT2D eigenvalue weighted by molar-refractivity contribution is 5.99. The third-order valence-electron chi connectivity index (χ3n) is 4.64. The van der Waals surface area contributed by atoms with Gasteiger partial charge in [-0.3, -0.25) is 9.59 Å². The largest absolute Gasteiger partial charge is 0.348 e. The van der Waals surface area contributed by atoms with Crippen LogP contribution < -0.4 is 15.5 Å². The lowest BCUT2D eigenvalue weighted by Crippen LogP contribution is -2.50. The van der Waals surface area contributed by atoms with Crippen LogP contribution >= 0.6 is 0 Å². The van der Waals surface area contributed by atoms with Gasteiger partial charge in [-0.1, -0.05) is 13.0 Å². The second-order valence-corrected chi connectivity index (χ2v) is 6.25. The van der Waals surface area contributed by atoms with Gasteiger partial charge in [0.1, 0.15) is 0 Å². The van der Waals surface area contributed by atoms with Crippen molar-refractivity contribution in [2.24, 2.45) is 5.92 Å². The first-order chi connectivity index (χ1) is 10.6. The Hall–Kier alpha value is -1.88. The molecule has 5 nitrogen and oxygen atoms in total. The van der Waals surface area contributed by atoms with Gasteiger partial charge in [0.05, 0.1) is 0 Å². The Bertz CT molecular complexity index is 573. The quantitative estimate of drug-likeness (QED) is 0.890. The molecule has 0 bridgehead atoms. The molecule has 22 heavy (non-hydrogen) atoms. The molecule has 2 aliphatic rings. The van der Waals surface area contributed by atoms with E-state index in [1.807, 2.05) is 18.2 Å². The lowest BCUT2D eigenvalue weighted by atomic mass is 9.94. The van der Waals surface area contributed by atoms with E-state index < -0.39 is 0 Å². The zero-order valence-electron chi connectivity index (χ0n) is 13.0. The van der Waals surface area contributed by atoms with Gasteiger partial charge in [0.15, 0.2) is 0 Å². The van der Waals surface area contributed by atoms with Crippen LogP contribution in [0.1, 0.15) is 36.5 Å². The number of nitrogens with zero attached hydrogens (tertiary/aromatic N) is 1. The van der Waals surface area contributed by atoms with Crippen LogP contribution in [-0.2, 0) is 4.79 Å². The van der Waals surface area contributed by atoms with Crippen LogP contribution in [0.3, 0.4) is 0 Å². The SMILES string of the molecule is CC1CCNCC1NC(=O)c1cccc(N2CCCC2=O)c1. The fourth-order valence-corrected chi connectivity index (χ4v) is 3.17. The third kappa shape index (κ3) is 3.14. The van der Waals surface area contributed by atoms with E-state index in [2.05, 4.69) is 17.6 Å². The third-order valence-corrected chi connectivity index (χ3v) is 4.64. The van der Waals surface area contributed by atoms with Crippen molar-refractivity contribution in [3.63, 3.8) is 0 Å². The number of carbonyl (C=O) groups is 2. The van der Waals surface area contributed by atoms with Gasteiger partial charge in [-0.25, -0.2) is 0 Å². The van der Waals surface area contributed by atoms with Crippen LogP contribution in [0.5, 0.6) is 0 Å². The summed E-state index contributed by atoms with van der Waals surface area (Å²) in [6.45, 7) is 4.75. The van der Waals surface area contributed by atoms with E-state index in [-0.39, 0.29) is 17.9 Å². The normalized spacial score (nSPS) is 25.3. The van der Waals surface area contributed by atoms with Crippen LogP contribution in [0.25, 0.3) is 0 Å². The number of carbonyl (C=O) groups excluding carboxylic acids is 2. The fraction of sp³-hybridized carbons (Fsp3) is 0.529. The second-order valence-electron chi connectivity index (χ2n) is 6.25. The molecule has 2 saturated heterocycles. The maximum absolute atomic E-state index is 12.5. The molecule has 0 saturated carbocycles. The molecule has 2 amide bonds. The van der Waals surface area contributed by atoms with Crippen LogP contribution in [0.15, 0.2) is 24.3 Å². The molecule has 2 heterocycles. The Balaban J connectivity index is 1.71. The van der Waals surface area contributed by atoms with Crippen molar-refractivity contribution >= 4 is 17.5 Å². The lowest BCUT2D eigenvalue weighted by molar-refractivity contribution is -0.117. The number of amides is 2. The predicted molar refractivity (Wildman–Crippen MR) is 85.9 cm³/mol. The Morgan fingerprint density at radius 1 is 1.41 bits per heavy atom. The molecule has 1 aromatic rings. The Morgan fingerprint density at radius 3 is 3.00 bits per heavy atom. The highest BCUT2D eigenvalue weighted by Crippen LogP contribution is 2.22. The molecular weight excluding hydrogens is 278 g/mol. The van der Waals surface area contributed by atoms with E-state index >= 15 is 0 Å². The van der Waals surface area contributed by atoms with Crippen molar-refractivity contribution in [3.05, 3.63) is 29.8 Å². The summed E-state index contributed by atoms with van der Waals surface area (Å²) in [6, 6.07) is 7.53. The van der Waals surface area contributed by atoms with E-state index in [9.17, 15) is 9.59 Å². The number of piperidine rings is 1. The van der Waals surface area contributed by atoms with Gasteiger partial charge >= 0.3 is 0 Å². The molecule has 2 unspecified atom stereocenters. The molecule has 1 aromatic carbocycles. The van der Waals surface area contributed by atoms with Crippen LogP contribution in [0, 0.1) is 5.92 Å². The summed E-state index contributed by atoms with van der Waals surface area (Å²) in [5.41, 5.74) is 1.44. The topological polar surface area (TPSA) is 61.4 Å². The van der Waals surface area contributed by atoms with Gasteiger partial charge in [-0.05, 0) is 43.5 Å². The van der Waals surface area contributed by atoms with E-state index in [4.69, 9.17) is 0 Å². The summed E-state index contributed by atoms with van der Waals surface area (Å²) < 4.78 is 0. The monoisotopic (exact) mass is 301 g/mol. The molecule has 118 valence electrons.